The van der Waals surface area contributed by atoms with Gasteiger partial charge in [-0.05, 0) is 19.3 Å². The quantitative estimate of drug-likeness (QED) is 0.756. The van der Waals surface area contributed by atoms with E-state index >= 15 is 0 Å². The maximum absolute atomic E-state index is 12.9. The van der Waals surface area contributed by atoms with Crippen LogP contribution in [0.1, 0.15) is 29.9 Å². The molecular weight excluding hydrogens is 310 g/mol. The van der Waals surface area contributed by atoms with Crippen LogP contribution < -0.4 is 0 Å². The molecule has 3 aliphatic rings. The van der Waals surface area contributed by atoms with Gasteiger partial charge in [-0.3, -0.25) is 14.3 Å². The predicted molar refractivity (Wildman–Crippen MR) is 84.1 cm³/mol. The third-order valence-corrected chi connectivity index (χ3v) is 5.41. The number of aryl methyl sites for hydroxylation is 1. The molecule has 4 rings (SSSR count). The Balaban J connectivity index is 1.54. The normalized spacial score (nSPS) is 29.8. The van der Waals surface area contributed by atoms with Crippen LogP contribution in [0, 0.1) is 11.8 Å². The molecule has 2 amide bonds. The summed E-state index contributed by atoms with van der Waals surface area (Å²) in [4.78, 5) is 33.3. The SMILES string of the molecule is Cn1cnc(C(=O)N2C[C@H](C(=O)N3CCCC3)[C@@H]3CCO[C@@H]3C2)n1. The third-order valence-electron chi connectivity index (χ3n) is 5.41. The molecule has 4 heterocycles. The van der Waals surface area contributed by atoms with Crippen molar-refractivity contribution >= 4 is 11.8 Å². The fraction of sp³-hybridized carbons (Fsp3) is 0.750. The molecule has 0 radical (unpaired) electrons. The molecule has 0 bridgehead atoms. The molecule has 3 atom stereocenters. The second kappa shape index (κ2) is 6.16. The summed E-state index contributed by atoms with van der Waals surface area (Å²) < 4.78 is 7.32. The summed E-state index contributed by atoms with van der Waals surface area (Å²) in [5.41, 5.74) is 0. The van der Waals surface area contributed by atoms with Gasteiger partial charge in [0, 0.05) is 45.8 Å². The van der Waals surface area contributed by atoms with Gasteiger partial charge in [0.1, 0.15) is 6.33 Å². The van der Waals surface area contributed by atoms with Crippen molar-refractivity contribution in [2.24, 2.45) is 18.9 Å². The summed E-state index contributed by atoms with van der Waals surface area (Å²) in [5, 5.41) is 4.10. The van der Waals surface area contributed by atoms with Crippen molar-refractivity contribution in [3.63, 3.8) is 0 Å². The number of rotatable bonds is 2. The summed E-state index contributed by atoms with van der Waals surface area (Å²) in [6.45, 7) is 3.30. The van der Waals surface area contributed by atoms with Gasteiger partial charge in [0.2, 0.25) is 11.7 Å². The maximum Gasteiger partial charge on any atom is 0.293 e. The van der Waals surface area contributed by atoms with E-state index in [1.165, 1.54) is 11.0 Å². The van der Waals surface area contributed by atoms with Crippen LogP contribution in [-0.2, 0) is 16.6 Å². The summed E-state index contributed by atoms with van der Waals surface area (Å²) >= 11 is 0. The molecule has 3 aliphatic heterocycles. The standard InChI is InChI=1S/C16H23N5O3/c1-19-10-17-14(18-19)16(23)21-8-12(11-4-7-24-13(11)9-21)15(22)20-5-2-3-6-20/h10-13H,2-9H2,1H3/t11-,12-,13+/m0/s1. The lowest BCUT2D eigenvalue weighted by Crippen LogP contribution is -2.54. The van der Waals surface area contributed by atoms with E-state index in [-0.39, 0.29) is 35.6 Å². The number of carbonyl (C=O) groups excluding carboxylic acids is 2. The highest BCUT2D eigenvalue weighted by Gasteiger charge is 2.46. The van der Waals surface area contributed by atoms with Gasteiger partial charge in [-0.1, -0.05) is 0 Å². The number of aromatic nitrogens is 3. The van der Waals surface area contributed by atoms with Crippen molar-refractivity contribution in [1.82, 2.24) is 24.6 Å². The Labute approximate surface area is 140 Å². The molecular formula is C16H23N5O3. The van der Waals surface area contributed by atoms with Gasteiger partial charge < -0.3 is 14.5 Å². The zero-order valence-electron chi connectivity index (χ0n) is 13.9. The topological polar surface area (TPSA) is 80.6 Å². The number of piperidine rings is 1. The van der Waals surface area contributed by atoms with Crippen molar-refractivity contribution in [3.8, 4) is 0 Å². The summed E-state index contributed by atoms with van der Waals surface area (Å²) in [7, 11) is 1.73. The molecule has 0 saturated carbocycles. The van der Waals surface area contributed by atoms with Gasteiger partial charge in [-0.2, -0.15) is 0 Å². The molecule has 8 nitrogen and oxygen atoms in total. The molecule has 8 heteroatoms. The van der Waals surface area contributed by atoms with Crippen molar-refractivity contribution in [2.75, 3.05) is 32.8 Å². The van der Waals surface area contributed by atoms with Crippen LogP contribution in [0.5, 0.6) is 0 Å². The predicted octanol–water partition coefficient (Wildman–Crippen LogP) is -0.0854. The Kier molecular flexibility index (Phi) is 3.99. The van der Waals surface area contributed by atoms with E-state index in [1.54, 1.807) is 11.9 Å². The smallest absolute Gasteiger partial charge is 0.293 e. The van der Waals surface area contributed by atoms with Crippen molar-refractivity contribution < 1.29 is 14.3 Å². The highest BCUT2D eigenvalue weighted by Crippen LogP contribution is 2.35. The lowest BCUT2D eigenvalue weighted by Gasteiger charge is -2.40. The molecule has 0 aliphatic carbocycles. The van der Waals surface area contributed by atoms with Crippen LogP contribution in [0.15, 0.2) is 6.33 Å². The summed E-state index contributed by atoms with van der Waals surface area (Å²) in [6.07, 6.45) is 4.51. The van der Waals surface area contributed by atoms with Crippen LogP contribution in [-0.4, -0.2) is 75.3 Å². The Morgan fingerprint density at radius 3 is 2.71 bits per heavy atom. The zero-order valence-corrected chi connectivity index (χ0v) is 13.9. The number of hydrogen-bond donors (Lipinski definition) is 0. The Morgan fingerprint density at radius 2 is 2.00 bits per heavy atom. The third kappa shape index (κ3) is 2.68. The van der Waals surface area contributed by atoms with E-state index in [4.69, 9.17) is 4.74 Å². The zero-order chi connectivity index (χ0) is 16.7. The molecule has 130 valence electrons. The number of nitrogens with zero attached hydrogens (tertiary/aromatic N) is 5. The first-order chi connectivity index (χ1) is 11.6. The van der Waals surface area contributed by atoms with E-state index in [0.717, 1.165) is 32.4 Å². The van der Waals surface area contributed by atoms with E-state index in [0.29, 0.717) is 19.7 Å². The number of hydrogen-bond acceptors (Lipinski definition) is 5. The minimum Gasteiger partial charge on any atom is -0.376 e. The van der Waals surface area contributed by atoms with Gasteiger partial charge in [0.25, 0.3) is 5.91 Å². The van der Waals surface area contributed by atoms with Gasteiger partial charge in [-0.25, -0.2) is 4.98 Å². The van der Waals surface area contributed by atoms with Crippen LogP contribution in [0.3, 0.4) is 0 Å². The first-order valence-electron chi connectivity index (χ1n) is 8.69. The first-order valence-corrected chi connectivity index (χ1v) is 8.69. The van der Waals surface area contributed by atoms with Crippen molar-refractivity contribution in [3.05, 3.63) is 12.2 Å². The molecule has 0 N–H and O–H groups in total. The summed E-state index contributed by atoms with van der Waals surface area (Å²) in [6, 6.07) is 0. The second-order valence-corrected chi connectivity index (χ2v) is 6.95. The molecule has 1 aromatic rings. The average Bonchev–Trinajstić information content (AvgIpc) is 3.33. The van der Waals surface area contributed by atoms with Crippen LogP contribution in [0.4, 0.5) is 0 Å². The number of ether oxygens (including phenoxy) is 1. The van der Waals surface area contributed by atoms with Crippen molar-refractivity contribution in [2.45, 2.75) is 25.4 Å². The van der Waals surface area contributed by atoms with E-state index in [1.807, 2.05) is 4.90 Å². The fourth-order valence-electron chi connectivity index (χ4n) is 4.16. The highest BCUT2D eigenvalue weighted by molar-refractivity contribution is 5.91. The lowest BCUT2D eigenvalue weighted by molar-refractivity contribution is -0.139. The number of carbonyl (C=O) groups is 2. The Hall–Kier alpha value is -1.96. The van der Waals surface area contributed by atoms with Gasteiger partial charge >= 0.3 is 0 Å². The number of amides is 2. The fourth-order valence-corrected chi connectivity index (χ4v) is 4.16. The largest absolute Gasteiger partial charge is 0.376 e. The Morgan fingerprint density at radius 1 is 1.21 bits per heavy atom. The van der Waals surface area contributed by atoms with Crippen LogP contribution in [0.2, 0.25) is 0 Å². The van der Waals surface area contributed by atoms with E-state index < -0.39 is 0 Å². The number of fused-ring (bicyclic) bond motifs is 1. The molecule has 0 spiro atoms. The number of likely N-dealkylation sites (tertiary alicyclic amines) is 2. The lowest BCUT2D eigenvalue weighted by atomic mass is 9.81. The first kappa shape index (κ1) is 15.6. The average molecular weight is 333 g/mol. The van der Waals surface area contributed by atoms with Crippen molar-refractivity contribution in [1.29, 1.82) is 0 Å². The molecule has 0 unspecified atom stereocenters. The van der Waals surface area contributed by atoms with Gasteiger partial charge in [0.15, 0.2) is 0 Å². The molecule has 24 heavy (non-hydrogen) atoms. The molecule has 1 aromatic heterocycles. The Bertz CT molecular complexity index is 639. The van der Waals surface area contributed by atoms with Gasteiger partial charge in [-0.15, -0.1) is 5.10 Å². The highest BCUT2D eigenvalue weighted by atomic mass is 16.5. The van der Waals surface area contributed by atoms with Gasteiger partial charge in [0.05, 0.1) is 12.0 Å². The minimum absolute atomic E-state index is 0.0528. The monoisotopic (exact) mass is 333 g/mol. The van der Waals surface area contributed by atoms with Crippen LogP contribution >= 0.6 is 0 Å². The second-order valence-electron chi connectivity index (χ2n) is 6.95. The van der Waals surface area contributed by atoms with Crippen LogP contribution in [0.25, 0.3) is 0 Å². The minimum atomic E-state index is -0.219. The summed E-state index contributed by atoms with van der Waals surface area (Å²) in [5.74, 6) is 0.195. The van der Waals surface area contributed by atoms with E-state index in [2.05, 4.69) is 10.1 Å². The maximum atomic E-state index is 12.9. The molecule has 3 saturated heterocycles. The molecule has 0 aromatic carbocycles. The van der Waals surface area contributed by atoms with E-state index in [9.17, 15) is 9.59 Å². The molecule has 3 fully saturated rings.